The van der Waals surface area contributed by atoms with Crippen molar-refractivity contribution in [2.24, 2.45) is 5.10 Å². The Morgan fingerprint density at radius 1 is 1.17 bits per heavy atom. The van der Waals surface area contributed by atoms with E-state index < -0.39 is 21.9 Å². The summed E-state index contributed by atoms with van der Waals surface area (Å²) in [4.78, 5) is 28.0. The van der Waals surface area contributed by atoms with Crippen molar-refractivity contribution >= 4 is 38.8 Å². The molecule has 1 amide bonds. The Kier molecular flexibility index (Phi) is 6.58. The summed E-state index contributed by atoms with van der Waals surface area (Å²) < 4.78 is 29.6. The van der Waals surface area contributed by atoms with Crippen LogP contribution in [0.25, 0.3) is 0 Å². The molecule has 2 aromatic carbocycles. The molecule has 0 bridgehead atoms. The number of rotatable bonds is 6. The molecule has 1 aliphatic rings. The number of hydrogen-bond acceptors (Lipinski definition) is 7. The molecule has 3 rings (SSSR count). The summed E-state index contributed by atoms with van der Waals surface area (Å²) in [6.45, 7) is 2.01. The second kappa shape index (κ2) is 9.14. The summed E-state index contributed by atoms with van der Waals surface area (Å²) >= 11 is 0.888. The predicted molar refractivity (Wildman–Crippen MR) is 114 cm³/mol. The molecule has 0 aromatic heterocycles. The van der Waals surface area contributed by atoms with Crippen LogP contribution in [-0.4, -0.2) is 37.5 Å². The van der Waals surface area contributed by atoms with E-state index in [0.29, 0.717) is 0 Å². The van der Waals surface area contributed by atoms with E-state index in [-0.39, 0.29) is 21.5 Å². The Labute approximate surface area is 178 Å². The van der Waals surface area contributed by atoms with Gasteiger partial charge in [-0.25, -0.2) is 4.79 Å². The number of hydrogen-bond donors (Lipinski definition) is 1. The molecular weight excluding hydrogens is 426 g/mol. The van der Waals surface area contributed by atoms with Crippen LogP contribution in [0, 0.1) is 6.92 Å². The average molecular weight is 446 g/mol. The fourth-order valence-corrected chi connectivity index (χ4v) is 4.29. The summed E-state index contributed by atoms with van der Waals surface area (Å²) in [5.41, 5.74) is 1.74. The minimum absolute atomic E-state index is 0.0479. The fourth-order valence-electron chi connectivity index (χ4n) is 2.53. The maximum absolute atomic E-state index is 12.8. The van der Waals surface area contributed by atoms with Crippen molar-refractivity contribution in [3.8, 4) is 0 Å². The molecule has 0 unspecified atom stereocenters. The lowest BCUT2D eigenvalue weighted by Gasteiger charge is -2.15. The molecule has 156 valence electrons. The summed E-state index contributed by atoms with van der Waals surface area (Å²) in [5, 5.41) is 4.07. The Bertz CT molecular complexity index is 1110. The molecule has 1 fully saturated rings. The number of carbonyl (C=O) groups excluding carboxylic acids is 2. The topological polar surface area (TPSA) is 105 Å². The van der Waals surface area contributed by atoms with Gasteiger partial charge in [-0.15, -0.1) is 5.10 Å². The van der Waals surface area contributed by atoms with Crippen LogP contribution in [0.4, 0.5) is 0 Å². The molecule has 0 aliphatic carbocycles. The second-order valence-electron chi connectivity index (χ2n) is 6.31. The third-order valence-corrected chi connectivity index (χ3v) is 6.35. The number of ether oxygens (including phenoxy) is 1. The molecule has 30 heavy (non-hydrogen) atoms. The first kappa shape index (κ1) is 21.6. The van der Waals surface area contributed by atoms with E-state index in [1.165, 1.54) is 24.1 Å². The maximum atomic E-state index is 12.8. The van der Waals surface area contributed by atoms with Gasteiger partial charge in [0.15, 0.2) is 5.17 Å². The molecular formula is C20H19N3O5S2. The SMILES string of the molecule is COC(=O)/C=C1\S/C(=N\NS(=O)(=O)c2ccc(C)cc2)N(Cc2ccccc2)C1=O. The number of esters is 1. The first-order valence-corrected chi connectivity index (χ1v) is 11.1. The van der Waals surface area contributed by atoms with E-state index in [1.54, 1.807) is 12.1 Å². The van der Waals surface area contributed by atoms with Crippen LogP contribution in [0.5, 0.6) is 0 Å². The van der Waals surface area contributed by atoms with Crippen molar-refractivity contribution in [3.63, 3.8) is 0 Å². The van der Waals surface area contributed by atoms with E-state index >= 15 is 0 Å². The minimum atomic E-state index is -3.92. The molecule has 0 radical (unpaired) electrons. The van der Waals surface area contributed by atoms with Gasteiger partial charge in [0.25, 0.3) is 15.9 Å². The molecule has 10 heteroatoms. The van der Waals surface area contributed by atoms with E-state index in [9.17, 15) is 18.0 Å². The van der Waals surface area contributed by atoms with Gasteiger partial charge in [0.2, 0.25) is 0 Å². The summed E-state index contributed by atoms with van der Waals surface area (Å²) in [7, 11) is -2.72. The number of aryl methyl sites for hydroxylation is 1. The van der Waals surface area contributed by atoms with Crippen molar-refractivity contribution in [2.45, 2.75) is 18.4 Å². The highest BCUT2D eigenvalue weighted by atomic mass is 32.2. The minimum Gasteiger partial charge on any atom is -0.466 e. The number of thioether (sulfide) groups is 1. The van der Waals surface area contributed by atoms with Crippen molar-refractivity contribution in [3.05, 3.63) is 76.7 Å². The number of nitrogens with zero attached hydrogens (tertiary/aromatic N) is 2. The summed E-state index contributed by atoms with van der Waals surface area (Å²) in [5.74, 6) is -1.16. The number of carbonyl (C=O) groups is 2. The van der Waals surface area contributed by atoms with Crippen LogP contribution in [0.15, 0.2) is 75.6 Å². The van der Waals surface area contributed by atoms with Crippen LogP contribution in [0.2, 0.25) is 0 Å². The monoisotopic (exact) mass is 445 g/mol. The lowest BCUT2D eigenvalue weighted by atomic mass is 10.2. The molecule has 1 heterocycles. The molecule has 1 saturated heterocycles. The third-order valence-electron chi connectivity index (χ3n) is 4.11. The smallest absolute Gasteiger partial charge is 0.331 e. The Hall–Kier alpha value is -3.11. The molecule has 2 aromatic rings. The van der Waals surface area contributed by atoms with Crippen LogP contribution in [0.3, 0.4) is 0 Å². The quantitative estimate of drug-likeness (QED) is 0.416. The number of sulfonamides is 1. The van der Waals surface area contributed by atoms with E-state index in [1.807, 2.05) is 37.3 Å². The predicted octanol–water partition coefficient (Wildman–Crippen LogP) is 2.38. The van der Waals surface area contributed by atoms with Crippen molar-refractivity contribution in [1.29, 1.82) is 0 Å². The first-order chi connectivity index (χ1) is 14.3. The van der Waals surface area contributed by atoms with Gasteiger partial charge in [-0.2, -0.15) is 13.2 Å². The number of hydrazone groups is 1. The number of amides is 1. The normalized spacial score (nSPS) is 16.9. The Balaban J connectivity index is 1.90. The number of benzene rings is 2. The Morgan fingerprint density at radius 3 is 2.47 bits per heavy atom. The van der Waals surface area contributed by atoms with Crippen LogP contribution >= 0.6 is 11.8 Å². The van der Waals surface area contributed by atoms with Crippen molar-refractivity contribution in [2.75, 3.05) is 7.11 Å². The van der Waals surface area contributed by atoms with E-state index in [0.717, 1.165) is 29.0 Å². The van der Waals surface area contributed by atoms with E-state index in [2.05, 4.69) is 14.7 Å². The van der Waals surface area contributed by atoms with Gasteiger partial charge in [-0.05, 0) is 36.4 Å². The van der Waals surface area contributed by atoms with E-state index in [4.69, 9.17) is 0 Å². The number of methoxy groups -OCH3 is 1. The van der Waals surface area contributed by atoms with Crippen molar-refractivity contribution < 1.29 is 22.7 Å². The maximum Gasteiger partial charge on any atom is 0.331 e. The van der Waals surface area contributed by atoms with Crippen LogP contribution in [-0.2, 0) is 30.9 Å². The highest BCUT2D eigenvalue weighted by Gasteiger charge is 2.34. The molecule has 1 N–H and O–H groups in total. The van der Waals surface area contributed by atoms with Gasteiger partial charge in [-0.1, -0.05) is 48.0 Å². The van der Waals surface area contributed by atoms with Gasteiger partial charge >= 0.3 is 5.97 Å². The highest BCUT2D eigenvalue weighted by molar-refractivity contribution is 8.18. The number of nitrogens with one attached hydrogen (secondary N) is 1. The molecule has 0 saturated carbocycles. The zero-order valence-electron chi connectivity index (χ0n) is 16.2. The van der Waals surface area contributed by atoms with Gasteiger partial charge in [0.05, 0.1) is 23.5 Å². The average Bonchev–Trinajstić information content (AvgIpc) is 3.02. The standard InChI is InChI=1S/C20H19N3O5S2/c1-14-8-10-16(11-9-14)30(26,27)22-21-20-23(13-15-6-4-3-5-7-15)19(25)17(29-20)12-18(24)28-2/h3-12,22H,13H2,1-2H3/b17-12-,21-20-. The highest BCUT2D eigenvalue weighted by Crippen LogP contribution is 2.32. The summed E-state index contributed by atoms with van der Waals surface area (Å²) in [6.07, 6.45) is 1.06. The fraction of sp³-hybridized carbons (Fsp3) is 0.150. The van der Waals surface area contributed by atoms with Gasteiger partial charge in [-0.3, -0.25) is 9.69 Å². The van der Waals surface area contributed by atoms with Gasteiger partial charge in [0.1, 0.15) is 0 Å². The number of amidine groups is 1. The van der Waals surface area contributed by atoms with Gasteiger partial charge in [0, 0.05) is 6.08 Å². The zero-order chi connectivity index (χ0) is 21.7. The zero-order valence-corrected chi connectivity index (χ0v) is 17.9. The third kappa shape index (κ3) is 5.08. The largest absolute Gasteiger partial charge is 0.466 e. The second-order valence-corrected chi connectivity index (χ2v) is 8.98. The molecule has 0 atom stereocenters. The lowest BCUT2D eigenvalue weighted by molar-refractivity contribution is -0.135. The van der Waals surface area contributed by atoms with Crippen molar-refractivity contribution in [1.82, 2.24) is 9.73 Å². The van der Waals surface area contributed by atoms with Crippen LogP contribution < -0.4 is 4.83 Å². The summed E-state index contributed by atoms with van der Waals surface area (Å²) in [6, 6.07) is 15.4. The van der Waals surface area contributed by atoms with Crippen LogP contribution in [0.1, 0.15) is 11.1 Å². The Morgan fingerprint density at radius 2 is 1.83 bits per heavy atom. The molecule has 8 nitrogen and oxygen atoms in total. The lowest BCUT2D eigenvalue weighted by Crippen LogP contribution is -2.31. The molecule has 0 spiro atoms. The molecule has 1 aliphatic heterocycles. The van der Waals surface area contributed by atoms with Gasteiger partial charge < -0.3 is 4.74 Å². The first-order valence-electron chi connectivity index (χ1n) is 8.79.